The molecule has 0 bridgehead atoms. The predicted molar refractivity (Wildman–Crippen MR) is 82.1 cm³/mol. The summed E-state index contributed by atoms with van der Waals surface area (Å²) < 4.78 is 0. The van der Waals surface area contributed by atoms with Crippen LogP contribution in [0.2, 0.25) is 0 Å². The third-order valence-electron chi connectivity index (χ3n) is 4.44. The van der Waals surface area contributed by atoms with Gasteiger partial charge in [-0.05, 0) is 44.1 Å². The molecule has 1 aliphatic rings. The Balaban J connectivity index is 2.10. The second-order valence-electron chi connectivity index (χ2n) is 6.64. The van der Waals surface area contributed by atoms with Gasteiger partial charge in [-0.25, -0.2) is 0 Å². The number of hydrogen-bond acceptors (Lipinski definition) is 3. The van der Waals surface area contributed by atoms with Crippen molar-refractivity contribution in [2.45, 2.75) is 58.9 Å². The zero-order valence-corrected chi connectivity index (χ0v) is 12.6. The smallest absolute Gasteiger partial charge is 0.274 e. The van der Waals surface area contributed by atoms with Crippen LogP contribution in [-0.4, -0.2) is 11.0 Å². The van der Waals surface area contributed by atoms with Gasteiger partial charge in [0.25, 0.3) is 5.69 Å². The Hall–Kier alpha value is -1.58. The van der Waals surface area contributed by atoms with Crippen molar-refractivity contribution < 1.29 is 4.92 Å². The number of nitro benzene ring substituents is 1. The summed E-state index contributed by atoms with van der Waals surface area (Å²) in [7, 11) is 0. The van der Waals surface area contributed by atoms with Crippen LogP contribution in [0, 0.1) is 22.5 Å². The topological polar surface area (TPSA) is 55.2 Å². The SMILES string of the molecule is Cc1c(NC2CCCC(C)(C)CC2)cccc1[N+](=O)[O-]. The van der Waals surface area contributed by atoms with Gasteiger partial charge in [-0.3, -0.25) is 10.1 Å². The molecule has 1 saturated carbocycles. The molecule has 1 atom stereocenters. The molecule has 0 amide bonds. The summed E-state index contributed by atoms with van der Waals surface area (Å²) >= 11 is 0. The summed E-state index contributed by atoms with van der Waals surface area (Å²) in [5.74, 6) is 0. The van der Waals surface area contributed by atoms with E-state index < -0.39 is 0 Å². The molecule has 1 unspecified atom stereocenters. The third kappa shape index (κ3) is 3.50. The molecule has 0 aromatic heterocycles. The van der Waals surface area contributed by atoms with Gasteiger partial charge in [0, 0.05) is 23.4 Å². The Morgan fingerprint density at radius 2 is 2.05 bits per heavy atom. The summed E-state index contributed by atoms with van der Waals surface area (Å²) in [5.41, 5.74) is 2.27. The average molecular weight is 276 g/mol. The van der Waals surface area contributed by atoms with Crippen LogP contribution in [0.5, 0.6) is 0 Å². The van der Waals surface area contributed by atoms with Gasteiger partial charge < -0.3 is 5.32 Å². The highest BCUT2D eigenvalue weighted by molar-refractivity contribution is 5.60. The van der Waals surface area contributed by atoms with E-state index in [1.807, 2.05) is 13.0 Å². The minimum atomic E-state index is -0.309. The van der Waals surface area contributed by atoms with Gasteiger partial charge in [0.1, 0.15) is 0 Å². The number of benzene rings is 1. The lowest BCUT2D eigenvalue weighted by atomic mass is 9.85. The number of rotatable bonds is 3. The van der Waals surface area contributed by atoms with Crippen molar-refractivity contribution >= 4 is 11.4 Å². The lowest BCUT2D eigenvalue weighted by molar-refractivity contribution is -0.385. The number of nitrogens with one attached hydrogen (secondary N) is 1. The van der Waals surface area contributed by atoms with E-state index in [9.17, 15) is 10.1 Å². The first-order valence-corrected chi connectivity index (χ1v) is 7.40. The van der Waals surface area contributed by atoms with E-state index in [4.69, 9.17) is 0 Å². The van der Waals surface area contributed by atoms with Crippen LogP contribution in [0.4, 0.5) is 11.4 Å². The van der Waals surface area contributed by atoms with E-state index in [0.29, 0.717) is 11.5 Å². The third-order valence-corrected chi connectivity index (χ3v) is 4.44. The average Bonchev–Trinajstić information content (AvgIpc) is 2.53. The molecule has 4 heteroatoms. The Kier molecular flexibility index (Phi) is 4.31. The molecule has 2 rings (SSSR count). The molecule has 1 aliphatic carbocycles. The van der Waals surface area contributed by atoms with E-state index in [2.05, 4.69) is 19.2 Å². The van der Waals surface area contributed by atoms with Crippen LogP contribution in [0.25, 0.3) is 0 Å². The summed E-state index contributed by atoms with van der Waals surface area (Å²) in [5, 5.41) is 14.5. The Bertz CT molecular complexity index is 497. The van der Waals surface area contributed by atoms with Gasteiger partial charge in [0.15, 0.2) is 0 Å². The fourth-order valence-corrected chi connectivity index (χ4v) is 3.00. The summed E-state index contributed by atoms with van der Waals surface area (Å²) in [6, 6.07) is 5.70. The lowest BCUT2D eigenvalue weighted by Gasteiger charge is -2.22. The first-order chi connectivity index (χ1) is 9.39. The van der Waals surface area contributed by atoms with Crippen molar-refractivity contribution in [2.75, 3.05) is 5.32 Å². The molecule has 20 heavy (non-hydrogen) atoms. The minimum Gasteiger partial charge on any atom is -0.382 e. The molecule has 110 valence electrons. The molecular weight excluding hydrogens is 252 g/mol. The van der Waals surface area contributed by atoms with Gasteiger partial charge in [-0.2, -0.15) is 0 Å². The van der Waals surface area contributed by atoms with Crippen molar-refractivity contribution in [3.8, 4) is 0 Å². The van der Waals surface area contributed by atoms with Crippen molar-refractivity contribution in [1.29, 1.82) is 0 Å². The van der Waals surface area contributed by atoms with Crippen LogP contribution in [-0.2, 0) is 0 Å². The molecule has 0 aliphatic heterocycles. The molecule has 0 saturated heterocycles. The fraction of sp³-hybridized carbons (Fsp3) is 0.625. The van der Waals surface area contributed by atoms with Crippen molar-refractivity contribution in [2.24, 2.45) is 5.41 Å². The molecule has 4 nitrogen and oxygen atoms in total. The second kappa shape index (κ2) is 5.81. The molecule has 0 heterocycles. The van der Waals surface area contributed by atoms with Crippen LogP contribution in [0.1, 0.15) is 51.5 Å². The highest BCUT2D eigenvalue weighted by Gasteiger charge is 2.25. The molecule has 0 radical (unpaired) electrons. The summed E-state index contributed by atoms with van der Waals surface area (Å²) in [6.07, 6.45) is 5.97. The number of hydrogen-bond donors (Lipinski definition) is 1. The van der Waals surface area contributed by atoms with Gasteiger partial charge in [-0.15, -0.1) is 0 Å². The fourth-order valence-electron chi connectivity index (χ4n) is 3.00. The molecule has 1 N–H and O–H groups in total. The Morgan fingerprint density at radius 3 is 2.75 bits per heavy atom. The predicted octanol–water partition coefficient (Wildman–Crippen LogP) is 4.67. The second-order valence-corrected chi connectivity index (χ2v) is 6.64. The highest BCUT2D eigenvalue weighted by Crippen LogP contribution is 2.35. The maximum Gasteiger partial charge on any atom is 0.274 e. The molecule has 0 spiro atoms. The first kappa shape index (κ1) is 14.8. The molecular formula is C16H24N2O2. The summed E-state index contributed by atoms with van der Waals surface area (Å²) in [4.78, 5) is 10.7. The van der Waals surface area contributed by atoms with Gasteiger partial charge in [0.05, 0.1) is 4.92 Å². The molecule has 1 aromatic rings. The van der Waals surface area contributed by atoms with Gasteiger partial charge in [-0.1, -0.05) is 26.3 Å². The number of nitro groups is 1. The summed E-state index contributed by atoms with van der Waals surface area (Å²) in [6.45, 7) is 6.48. The number of nitrogens with zero attached hydrogens (tertiary/aromatic N) is 1. The van der Waals surface area contributed by atoms with E-state index in [1.165, 1.54) is 19.3 Å². The van der Waals surface area contributed by atoms with E-state index >= 15 is 0 Å². The first-order valence-electron chi connectivity index (χ1n) is 7.40. The maximum absolute atomic E-state index is 11.0. The quantitative estimate of drug-likeness (QED) is 0.495. The van der Waals surface area contributed by atoms with Crippen LogP contribution < -0.4 is 5.32 Å². The van der Waals surface area contributed by atoms with Gasteiger partial charge in [0.2, 0.25) is 0 Å². The van der Waals surface area contributed by atoms with Crippen molar-refractivity contribution in [3.63, 3.8) is 0 Å². The monoisotopic (exact) mass is 276 g/mol. The zero-order chi connectivity index (χ0) is 14.8. The Labute approximate surface area is 120 Å². The number of anilines is 1. The standard InChI is InChI=1S/C16H24N2O2/c1-12-14(7-4-8-15(12)18(19)20)17-13-6-5-10-16(2,3)11-9-13/h4,7-8,13,17H,5-6,9-11H2,1-3H3. The van der Waals surface area contributed by atoms with Crippen LogP contribution in [0.15, 0.2) is 18.2 Å². The largest absolute Gasteiger partial charge is 0.382 e. The van der Waals surface area contributed by atoms with E-state index in [1.54, 1.807) is 12.1 Å². The maximum atomic E-state index is 11.0. The van der Waals surface area contributed by atoms with E-state index in [-0.39, 0.29) is 10.6 Å². The van der Waals surface area contributed by atoms with Crippen molar-refractivity contribution in [1.82, 2.24) is 0 Å². The van der Waals surface area contributed by atoms with Crippen molar-refractivity contribution in [3.05, 3.63) is 33.9 Å². The van der Waals surface area contributed by atoms with Crippen LogP contribution >= 0.6 is 0 Å². The molecule has 1 fully saturated rings. The normalized spacial score (nSPS) is 22.1. The van der Waals surface area contributed by atoms with Gasteiger partial charge >= 0.3 is 0 Å². The minimum absolute atomic E-state index is 0.198. The van der Waals surface area contributed by atoms with Crippen LogP contribution in [0.3, 0.4) is 0 Å². The Morgan fingerprint density at radius 1 is 1.30 bits per heavy atom. The molecule has 1 aromatic carbocycles. The highest BCUT2D eigenvalue weighted by atomic mass is 16.6. The van der Waals surface area contributed by atoms with E-state index in [0.717, 1.165) is 24.1 Å². The lowest BCUT2D eigenvalue weighted by Crippen LogP contribution is -2.20. The zero-order valence-electron chi connectivity index (χ0n) is 12.6.